The van der Waals surface area contributed by atoms with Crippen LogP contribution in [-0.2, 0) is 16.6 Å². The van der Waals surface area contributed by atoms with Crippen LogP contribution in [0.4, 0.5) is 0 Å². The number of aryl methyl sites for hydroxylation is 2. The number of allylic oxidation sites excluding steroid dienone is 2. The van der Waals surface area contributed by atoms with Gasteiger partial charge in [0, 0.05) is 0 Å². The summed E-state index contributed by atoms with van der Waals surface area (Å²) in [6.07, 6.45) is 9.93. The molecule has 0 bridgehead atoms. The zero-order valence-electron chi connectivity index (χ0n) is 13.8. The summed E-state index contributed by atoms with van der Waals surface area (Å²) < 4.78 is 4.61. The van der Waals surface area contributed by atoms with E-state index in [1.165, 1.54) is 31.7 Å². The van der Waals surface area contributed by atoms with Crippen molar-refractivity contribution in [1.29, 1.82) is 0 Å². The van der Waals surface area contributed by atoms with Crippen molar-refractivity contribution >= 4 is 12.2 Å². The van der Waals surface area contributed by atoms with Crippen molar-refractivity contribution in [3.05, 3.63) is 81.9 Å². The third-order valence-electron chi connectivity index (χ3n) is 6.34. The first kappa shape index (κ1) is 14.0. The van der Waals surface area contributed by atoms with Gasteiger partial charge in [0.1, 0.15) is 0 Å². The van der Waals surface area contributed by atoms with E-state index in [4.69, 9.17) is 0 Å². The molecule has 1 heteroatoms. The van der Waals surface area contributed by atoms with E-state index >= 15 is 0 Å². The molecule has 3 aliphatic rings. The van der Waals surface area contributed by atoms with Gasteiger partial charge in [0.15, 0.2) is 0 Å². The molecule has 5 rings (SSSR count). The molecule has 2 aromatic carbocycles. The van der Waals surface area contributed by atoms with Gasteiger partial charge in [-0.1, -0.05) is 0 Å². The van der Waals surface area contributed by atoms with Crippen molar-refractivity contribution < 1.29 is 16.6 Å². The fourth-order valence-corrected chi connectivity index (χ4v) is 14.4. The summed E-state index contributed by atoms with van der Waals surface area (Å²) in [5.41, 5.74) is 9.31. The maximum absolute atomic E-state index is 2.56. The van der Waals surface area contributed by atoms with Crippen LogP contribution in [0.1, 0.15) is 41.8 Å². The van der Waals surface area contributed by atoms with Crippen molar-refractivity contribution in [2.75, 3.05) is 0 Å². The van der Waals surface area contributed by atoms with Crippen LogP contribution >= 0.6 is 0 Å². The Balaban J connectivity index is 1.63. The molecule has 23 heavy (non-hydrogen) atoms. The van der Waals surface area contributed by atoms with Crippen LogP contribution < -0.4 is 0 Å². The second-order valence-electron chi connectivity index (χ2n) is 7.56. The van der Waals surface area contributed by atoms with Gasteiger partial charge in [0.25, 0.3) is 0 Å². The van der Waals surface area contributed by atoms with Gasteiger partial charge in [-0.2, -0.15) is 0 Å². The Hall–Kier alpha value is -1.37. The summed E-state index contributed by atoms with van der Waals surface area (Å²) in [5.74, 6) is 0. The van der Waals surface area contributed by atoms with Crippen molar-refractivity contribution in [3.63, 3.8) is 0 Å². The molecule has 1 heterocycles. The average Bonchev–Trinajstić information content (AvgIpc) is 3.03. The van der Waals surface area contributed by atoms with E-state index in [9.17, 15) is 0 Å². The maximum atomic E-state index is 2.56. The molecule has 1 aliphatic heterocycles. The van der Waals surface area contributed by atoms with Crippen LogP contribution in [0.2, 0.25) is 9.45 Å². The van der Waals surface area contributed by atoms with Crippen molar-refractivity contribution in [2.45, 2.75) is 31.7 Å². The molecule has 0 radical (unpaired) electrons. The predicted octanol–water partition coefficient (Wildman–Crippen LogP) is 6.14. The molecule has 1 saturated heterocycles. The fourth-order valence-electron chi connectivity index (χ4n) is 5.06. The first-order valence-corrected chi connectivity index (χ1v) is 12.8. The Labute approximate surface area is 142 Å². The quantitative estimate of drug-likeness (QED) is 0.578. The fraction of sp³-hybridized carbons (Fsp3) is 0.273. The van der Waals surface area contributed by atoms with Gasteiger partial charge in [-0.3, -0.25) is 0 Å². The van der Waals surface area contributed by atoms with E-state index < -0.39 is 16.6 Å². The van der Waals surface area contributed by atoms with Gasteiger partial charge in [-0.05, 0) is 0 Å². The van der Waals surface area contributed by atoms with Crippen LogP contribution in [0.5, 0.6) is 0 Å². The first-order valence-electron chi connectivity index (χ1n) is 8.76. The van der Waals surface area contributed by atoms with E-state index in [0.29, 0.717) is 0 Å². The number of hydrogen-bond acceptors (Lipinski definition) is 0. The summed E-state index contributed by atoms with van der Waals surface area (Å²) in [6, 6.07) is 13.6. The van der Waals surface area contributed by atoms with E-state index in [2.05, 4.69) is 74.5 Å². The summed E-state index contributed by atoms with van der Waals surface area (Å²) in [7, 11) is 0. The summed E-state index contributed by atoms with van der Waals surface area (Å²) in [5, 5.41) is 0. The Bertz CT molecular complexity index is 798. The standard InChI is InChI=1S/2C10H9.C2H4.Ti/c2*1-8-4-2-5-9-6-3-7-10(8)9;1-2;/h2*2-7H,1H3;1-2H2;. The Kier molecular flexibility index (Phi) is 2.94. The van der Waals surface area contributed by atoms with Gasteiger partial charge in [0.05, 0.1) is 0 Å². The number of rotatable bonds is 2. The van der Waals surface area contributed by atoms with Gasteiger partial charge >= 0.3 is 142 Å². The van der Waals surface area contributed by atoms with E-state index in [-0.39, 0.29) is 0 Å². The molecular weight excluding hydrogens is 312 g/mol. The van der Waals surface area contributed by atoms with Crippen molar-refractivity contribution in [1.82, 2.24) is 0 Å². The molecular formula is C22H22Ti. The molecule has 0 N–H and O–H groups in total. The number of benzene rings is 2. The molecule has 114 valence electrons. The zero-order chi connectivity index (χ0) is 15.6. The number of hydrogen-bond donors (Lipinski definition) is 0. The SMILES string of the molecule is Cc1cccc2c1[CH]([Ti]1([CH]3C=Cc4cccc(C)c43)[CH2][CH2]1)C=C2. The van der Waals surface area contributed by atoms with Crippen molar-refractivity contribution in [2.24, 2.45) is 0 Å². The zero-order valence-corrected chi connectivity index (χ0v) is 15.4. The van der Waals surface area contributed by atoms with E-state index in [1.54, 1.807) is 11.1 Å². The van der Waals surface area contributed by atoms with Crippen LogP contribution in [0.15, 0.2) is 48.6 Å². The second kappa shape index (κ2) is 4.82. The normalized spacial score (nSPS) is 25.5. The minimum absolute atomic E-state index is 0.770. The summed E-state index contributed by atoms with van der Waals surface area (Å²) >= 11 is -1.93. The number of fused-ring (bicyclic) bond motifs is 2. The van der Waals surface area contributed by atoms with Gasteiger partial charge in [-0.25, -0.2) is 0 Å². The average molecular weight is 334 g/mol. The van der Waals surface area contributed by atoms with Crippen molar-refractivity contribution in [3.8, 4) is 0 Å². The second-order valence-corrected chi connectivity index (χ2v) is 14.9. The third kappa shape index (κ3) is 1.89. The van der Waals surface area contributed by atoms with Crippen LogP contribution in [0.25, 0.3) is 12.2 Å². The third-order valence-corrected chi connectivity index (χ3v) is 14.3. The van der Waals surface area contributed by atoms with Crippen LogP contribution in [-0.4, -0.2) is 0 Å². The Morgan fingerprint density at radius 3 is 1.65 bits per heavy atom. The van der Waals surface area contributed by atoms with E-state index in [0.717, 1.165) is 8.45 Å². The molecule has 2 aliphatic carbocycles. The van der Waals surface area contributed by atoms with Gasteiger partial charge in [-0.15, -0.1) is 0 Å². The Morgan fingerprint density at radius 1 is 0.739 bits per heavy atom. The molecule has 2 atom stereocenters. The Morgan fingerprint density at radius 2 is 1.22 bits per heavy atom. The summed E-state index contributed by atoms with van der Waals surface area (Å²) in [6.45, 7) is 4.61. The molecule has 2 aromatic rings. The topological polar surface area (TPSA) is 0 Å². The van der Waals surface area contributed by atoms with Crippen LogP contribution in [0, 0.1) is 13.8 Å². The monoisotopic (exact) mass is 334 g/mol. The van der Waals surface area contributed by atoms with E-state index in [1.807, 2.05) is 0 Å². The molecule has 0 nitrogen and oxygen atoms in total. The van der Waals surface area contributed by atoms with Gasteiger partial charge in [0.2, 0.25) is 0 Å². The molecule has 2 unspecified atom stereocenters. The summed E-state index contributed by atoms with van der Waals surface area (Å²) in [4.78, 5) is 0. The predicted molar refractivity (Wildman–Crippen MR) is 95.5 cm³/mol. The molecule has 0 amide bonds. The molecule has 1 fully saturated rings. The minimum atomic E-state index is -1.93. The first-order chi connectivity index (χ1) is 11.2. The van der Waals surface area contributed by atoms with Crippen LogP contribution in [0.3, 0.4) is 0 Å². The molecule has 0 saturated carbocycles. The van der Waals surface area contributed by atoms with Gasteiger partial charge < -0.3 is 0 Å². The molecule has 0 spiro atoms. The molecule has 0 aromatic heterocycles.